The van der Waals surface area contributed by atoms with Gasteiger partial charge < -0.3 is 9.80 Å². The summed E-state index contributed by atoms with van der Waals surface area (Å²) in [5.41, 5.74) is 2.94. The van der Waals surface area contributed by atoms with Crippen LogP contribution < -0.4 is 0 Å². The van der Waals surface area contributed by atoms with Crippen LogP contribution in [0.2, 0.25) is 0 Å². The Morgan fingerprint density at radius 3 is 2.57 bits per heavy atom. The van der Waals surface area contributed by atoms with Gasteiger partial charge in [0.15, 0.2) is 0 Å². The second-order valence-electron chi connectivity index (χ2n) is 8.12. The number of benzene rings is 1. The summed E-state index contributed by atoms with van der Waals surface area (Å²) in [6.45, 7) is 4.90. The number of aryl methyl sites for hydroxylation is 1. The van der Waals surface area contributed by atoms with Crippen molar-refractivity contribution in [1.82, 2.24) is 14.8 Å². The second kappa shape index (κ2) is 7.74. The lowest BCUT2D eigenvalue weighted by Crippen LogP contribution is -2.47. The molecule has 1 aromatic carbocycles. The SMILES string of the molecule is Cc1cccc(CN2CCC3(CCN(C(=O)Cc4ccccn4)CC3)C2=O)c1. The average Bonchev–Trinajstić information content (AvgIpc) is 2.99. The summed E-state index contributed by atoms with van der Waals surface area (Å²) >= 11 is 0. The topological polar surface area (TPSA) is 53.5 Å². The molecule has 2 fully saturated rings. The van der Waals surface area contributed by atoms with E-state index in [0.717, 1.165) is 31.5 Å². The van der Waals surface area contributed by atoms with Crippen LogP contribution in [0.4, 0.5) is 0 Å². The molecule has 2 aliphatic heterocycles. The van der Waals surface area contributed by atoms with Gasteiger partial charge in [-0.1, -0.05) is 35.9 Å². The third-order valence-corrected chi connectivity index (χ3v) is 6.19. The minimum absolute atomic E-state index is 0.107. The highest BCUT2D eigenvalue weighted by Gasteiger charge is 2.48. The van der Waals surface area contributed by atoms with E-state index in [4.69, 9.17) is 0 Å². The third kappa shape index (κ3) is 3.79. The standard InChI is InChI=1S/C23H27N3O2/c1-18-5-4-6-19(15-18)17-26-14-10-23(22(26)28)8-12-25(13-9-23)21(27)16-20-7-2-3-11-24-20/h2-7,11,15H,8-10,12-14,16-17H2,1H3. The van der Waals surface area contributed by atoms with E-state index in [0.29, 0.717) is 26.1 Å². The van der Waals surface area contributed by atoms with Crippen molar-refractivity contribution in [2.75, 3.05) is 19.6 Å². The summed E-state index contributed by atoms with van der Waals surface area (Å²) in [5.74, 6) is 0.376. The first kappa shape index (κ1) is 18.7. The lowest BCUT2D eigenvalue weighted by Gasteiger charge is -2.38. The molecule has 0 bridgehead atoms. The van der Waals surface area contributed by atoms with Crippen LogP contribution in [-0.2, 0) is 22.6 Å². The Labute approximate surface area is 166 Å². The van der Waals surface area contributed by atoms with Gasteiger partial charge in [-0.15, -0.1) is 0 Å². The molecule has 0 N–H and O–H groups in total. The normalized spacial score (nSPS) is 18.7. The molecule has 5 heteroatoms. The molecule has 28 heavy (non-hydrogen) atoms. The molecule has 2 aromatic rings. The Balaban J connectivity index is 1.35. The zero-order valence-corrected chi connectivity index (χ0v) is 16.4. The van der Waals surface area contributed by atoms with Crippen molar-refractivity contribution >= 4 is 11.8 Å². The number of aromatic nitrogens is 1. The van der Waals surface area contributed by atoms with Gasteiger partial charge in [0.1, 0.15) is 0 Å². The van der Waals surface area contributed by atoms with Crippen molar-refractivity contribution < 1.29 is 9.59 Å². The molecular weight excluding hydrogens is 350 g/mol. The fourth-order valence-corrected chi connectivity index (χ4v) is 4.49. The fourth-order valence-electron chi connectivity index (χ4n) is 4.49. The highest BCUT2D eigenvalue weighted by molar-refractivity contribution is 5.85. The monoisotopic (exact) mass is 377 g/mol. The molecule has 5 nitrogen and oxygen atoms in total. The van der Waals surface area contributed by atoms with Crippen LogP contribution >= 0.6 is 0 Å². The van der Waals surface area contributed by atoms with Gasteiger partial charge in [-0.3, -0.25) is 14.6 Å². The minimum atomic E-state index is -0.272. The first-order valence-corrected chi connectivity index (χ1v) is 10.1. The molecule has 0 unspecified atom stereocenters. The number of pyridine rings is 1. The Hall–Kier alpha value is -2.69. The predicted octanol–water partition coefficient (Wildman–Crippen LogP) is 2.97. The molecule has 0 atom stereocenters. The largest absolute Gasteiger partial charge is 0.342 e. The fraction of sp³-hybridized carbons (Fsp3) is 0.435. The Bertz CT molecular complexity index is 857. The van der Waals surface area contributed by atoms with Crippen LogP contribution in [0.15, 0.2) is 48.7 Å². The van der Waals surface area contributed by atoms with Crippen LogP contribution in [0.5, 0.6) is 0 Å². The molecule has 2 saturated heterocycles. The molecule has 1 spiro atoms. The van der Waals surface area contributed by atoms with E-state index in [1.54, 1.807) is 6.20 Å². The van der Waals surface area contributed by atoms with Gasteiger partial charge in [0.05, 0.1) is 11.8 Å². The van der Waals surface area contributed by atoms with Gasteiger partial charge in [-0.2, -0.15) is 0 Å². The maximum Gasteiger partial charge on any atom is 0.229 e. The Morgan fingerprint density at radius 1 is 1.07 bits per heavy atom. The molecule has 0 saturated carbocycles. The third-order valence-electron chi connectivity index (χ3n) is 6.19. The van der Waals surface area contributed by atoms with Crippen LogP contribution in [0.25, 0.3) is 0 Å². The van der Waals surface area contributed by atoms with E-state index in [2.05, 4.69) is 30.1 Å². The molecule has 4 rings (SSSR count). The number of nitrogens with zero attached hydrogens (tertiary/aromatic N) is 3. The molecule has 146 valence electrons. The van der Waals surface area contributed by atoms with E-state index < -0.39 is 0 Å². The number of carbonyl (C=O) groups is 2. The zero-order valence-electron chi connectivity index (χ0n) is 16.4. The molecule has 2 amide bonds. The maximum atomic E-state index is 13.2. The van der Waals surface area contributed by atoms with Crippen molar-refractivity contribution in [3.8, 4) is 0 Å². The summed E-state index contributed by atoms with van der Waals surface area (Å²) in [4.78, 5) is 33.9. The van der Waals surface area contributed by atoms with E-state index in [1.165, 1.54) is 11.1 Å². The van der Waals surface area contributed by atoms with E-state index in [1.807, 2.05) is 34.1 Å². The first-order valence-electron chi connectivity index (χ1n) is 10.1. The van der Waals surface area contributed by atoms with Crippen LogP contribution in [0, 0.1) is 12.3 Å². The summed E-state index contributed by atoms with van der Waals surface area (Å²) in [6, 6.07) is 14.0. The van der Waals surface area contributed by atoms with Crippen molar-refractivity contribution in [3.63, 3.8) is 0 Å². The lowest BCUT2D eigenvalue weighted by molar-refractivity contribution is -0.142. The summed E-state index contributed by atoms with van der Waals surface area (Å²) in [5, 5.41) is 0. The predicted molar refractivity (Wildman–Crippen MR) is 107 cm³/mol. The van der Waals surface area contributed by atoms with Crippen molar-refractivity contribution in [2.45, 2.75) is 39.2 Å². The van der Waals surface area contributed by atoms with Gasteiger partial charge in [0.25, 0.3) is 0 Å². The molecule has 0 aliphatic carbocycles. The van der Waals surface area contributed by atoms with Gasteiger partial charge in [0.2, 0.25) is 11.8 Å². The first-order chi connectivity index (χ1) is 13.6. The van der Waals surface area contributed by atoms with Gasteiger partial charge in [0, 0.05) is 38.1 Å². The number of piperidine rings is 1. The van der Waals surface area contributed by atoms with Crippen LogP contribution in [0.3, 0.4) is 0 Å². The lowest BCUT2D eigenvalue weighted by atomic mass is 9.77. The maximum absolute atomic E-state index is 13.2. The number of rotatable bonds is 4. The van der Waals surface area contributed by atoms with Gasteiger partial charge in [-0.05, 0) is 43.9 Å². The van der Waals surface area contributed by atoms with Gasteiger partial charge in [-0.25, -0.2) is 0 Å². The number of amides is 2. The molecule has 0 radical (unpaired) electrons. The molecule has 1 aromatic heterocycles. The molecule has 2 aliphatic rings. The molecule has 3 heterocycles. The highest BCUT2D eigenvalue weighted by Crippen LogP contribution is 2.42. The van der Waals surface area contributed by atoms with E-state index in [-0.39, 0.29) is 17.2 Å². The van der Waals surface area contributed by atoms with Gasteiger partial charge >= 0.3 is 0 Å². The number of carbonyl (C=O) groups excluding carboxylic acids is 2. The van der Waals surface area contributed by atoms with Crippen molar-refractivity contribution in [2.24, 2.45) is 5.41 Å². The summed E-state index contributed by atoms with van der Waals surface area (Å²) < 4.78 is 0. The smallest absolute Gasteiger partial charge is 0.229 e. The van der Waals surface area contributed by atoms with Crippen molar-refractivity contribution in [3.05, 3.63) is 65.5 Å². The van der Waals surface area contributed by atoms with E-state index in [9.17, 15) is 9.59 Å². The van der Waals surface area contributed by atoms with E-state index >= 15 is 0 Å². The summed E-state index contributed by atoms with van der Waals surface area (Å²) in [6.07, 6.45) is 4.49. The Morgan fingerprint density at radius 2 is 1.86 bits per heavy atom. The second-order valence-corrected chi connectivity index (χ2v) is 8.12. The number of hydrogen-bond donors (Lipinski definition) is 0. The molecular formula is C23H27N3O2. The van der Waals surface area contributed by atoms with Crippen LogP contribution in [-0.4, -0.2) is 46.2 Å². The summed E-state index contributed by atoms with van der Waals surface area (Å²) in [7, 11) is 0. The average molecular weight is 377 g/mol. The van der Waals surface area contributed by atoms with Crippen molar-refractivity contribution in [1.29, 1.82) is 0 Å². The zero-order chi connectivity index (χ0) is 19.6. The number of likely N-dealkylation sites (tertiary alicyclic amines) is 2. The minimum Gasteiger partial charge on any atom is -0.342 e. The Kier molecular flexibility index (Phi) is 5.16. The quantitative estimate of drug-likeness (QED) is 0.823. The van der Waals surface area contributed by atoms with Crippen LogP contribution in [0.1, 0.15) is 36.1 Å². The number of hydrogen-bond acceptors (Lipinski definition) is 3. The highest BCUT2D eigenvalue weighted by atomic mass is 16.2.